The molecule has 1 aromatic heterocycles. The molecule has 0 fully saturated rings. The number of nitrogens with two attached hydrogens (primary N) is 2. The van der Waals surface area contributed by atoms with Crippen LogP contribution in [0.1, 0.15) is 0 Å². The molecule has 80 valence electrons. The maximum absolute atomic E-state index is 7.45. The summed E-state index contributed by atoms with van der Waals surface area (Å²) in [5.74, 6) is 0.365. The third kappa shape index (κ3) is 3.67. The fourth-order valence-electron chi connectivity index (χ4n) is 0.783. The van der Waals surface area contributed by atoms with Gasteiger partial charge in [-0.2, -0.15) is 0 Å². The van der Waals surface area contributed by atoms with Gasteiger partial charge in [0.05, 0.1) is 0 Å². The van der Waals surface area contributed by atoms with Gasteiger partial charge in [-0.3, -0.25) is 5.50 Å². The Morgan fingerprint density at radius 2 is 1.87 bits per heavy atom. The number of rotatable bonds is 0. The van der Waals surface area contributed by atoms with Crippen LogP contribution in [0.5, 0.6) is 0 Å². The minimum atomic E-state index is -2.12. The molecule has 0 aromatic carbocycles. The Balaban J connectivity index is 0.000000245. The molecule has 0 aliphatic carbocycles. The summed E-state index contributed by atoms with van der Waals surface area (Å²) < 4.78 is 0.548. The summed E-state index contributed by atoms with van der Waals surface area (Å²) in [7, 11) is -2.12. The first kappa shape index (κ1) is 12.3. The van der Waals surface area contributed by atoms with Crippen molar-refractivity contribution in [1.82, 2.24) is 9.97 Å². The second-order valence-electron chi connectivity index (χ2n) is 2.26. The predicted octanol–water partition coefficient (Wildman–Crippen LogP) is -3.28. The molecule has 0 saturated heterocycles. The van der Waals surface area contributed by atoms with E-state index in [0.717, 1.165) is 0 Å². The molecule has 2 rings (SSSR count). The average molecular weight is 293 g/mol. The molecule has 10 heteroatoms. The van der Waals surface area contributed by atoms with Crippen LogP contribution in [-0.4, -0.2) is 40.0 Å². The summed E-state index contributed by atoms with van der Waals surface area (Å²) in [6.45, 7) is 0. The van der Waals surface area contributed by atoms with Gasteiger partial charge in [0.15, 0.2) is 0 Å². The van der Waals surface area contributed by atoms with E-state index in [1.54, 1.807) is 0 Å². The molecule has 0 spiro atoms. The van der Waals surface area contributed by atoms with Crippen molar-refractivity contribution in [2.75, 3.05) is 5.73 Å². The van der Waals surface area contributed by atoms with Gasteiger partial charge in [0.25, 0.3) is 0 Å². The summed E-state index contributed by atoms with van der Waals surface area (Å²) in [5.41, 5.74) is 10.3. The van der Waals surface area contributed by atoms with Gasteiger partial charge in [0.2, 0.25) is 8.53 Å². The van der Waals surface area contributed by atoms with E-state index < -0.39 is 8.53 Å². The molecule has 0 unspecified atom stereocenters. The van der Waals surface area contributed by atoms with Crippen LogP contribution >= 0.6 is 8.53 Å². The van der Waals surface area contributed by atoms with Crippen molar-refractivity contribution in [3.05, 3.63) is 17.2 Å². The van der Waals surface area contributed by atoms with Gasteiger partial charge in [-0.1, -0.05) is 0 Å². The molecule has 0 bridgehead atoms. The van der Waals surface area contributed by atoms with Gasteiger partial charge in [-0.25, -0.2) is 0 Å². The monoisotopic (exact) mass is 294 g/mol. The predicted molar refractivity (Wildman–Crippen MR) is 55.1 cm³/mol. The molecule has 0 atom stereocenters. The number of aromatic nitrogens is 2. The molecular weight excluding hydrogens is 286 g/mol. The van der Waals surface area contributed by atoms with Crippen LogP contribution in [-0.2, 0) is 0 Å². The topological polar surface area (TPSA) is 143 Å². The zero-order valence-corrected chi connectivity index (χ0v) is 9.88. The van der Waals surface area contributed by atoms with Gasteiger partial charge in [0.1, 0.15) is 0 Å². The first-order valence-corrected chi connectivity index (χ1v) is 5.68. The fraction of sp³-hybridized carbons (Fsp3) is 0. The molecule has 8 nitrogen and oxygen atoms in total. The van der Waals surface area contributed by atoms with E-state index in [9.17, 15) is 0 Å². The third-order valence-corrected chi connectivity index (χ3v) is 1.62. The van der Waals surface area contributed by atoms with Crippen molar-refractivity contribution in [1.29, 1.82) is 0 Å². The van der Waals surface area contributed by atoms with E-state index in [0.29, 0.717) is 21.3 Å². The van der Waals surface area contributed by atoms with E-state index in [1.165, 1.54) is 6.33 Å². The first-order chi connectivity index (χ1) is 7.00. The van der Waals surface area contributed by atoms with Crippen LogP contribution in [0.15, 0.2) is 16.3 Å². The molecule has 1 aliphatic heterocycles. The Kier molecular flexibility index (Phi) is 4.34. The summed E-state index contributed by atoms with van der Waals surface area (Å²) in [4.78, 5) is 30.5. The Morgan fingerprint density at radius 1 is 1.27 bits per heavy atom. The third-order valence-electron chi connectivity index (χ3n) is 1.24. The van der Waals surface area contributed by atoms with Gasteiger partial charge in [-0.05, 0) is 0 Å². The summed E-state index contributed by atoms with van der Waals surface area (Å²) >= 11 is 2.67. The SMILES string of the molecule is NP(O)O.Nc1ncnc2c1=NC(=[Se])N=2. The summed E-state index contributed by atoms with van der Waals surface area (Å²) in [6.07, 6.45) is 1.37. The van der Waals surface area contributed by atoms with E-state index in [2.05, 4.69) is 41.0 Å². The first-order valence-electron chi connectivity index (χ1n) is 3.51. The van der Waals surface area contributed by atoms with Crippen LogP contribution in [0.3, 0.4) is 0 Å². The number of hydrogen-bond donors (Lipinski definition) is 4. The van der Waals surface area contributed by atoms with E-state index >= 15 is 0 Å². The maximum atomic E-state index is 7.45. The number of anilines is 1. The normalized spacial score (nSPS) is 12.4. The number of nitrogen functional groups attached to an aromatic ring is 1. The number of hydrogen-bond acceptors (Lipinski definition) is 8. The quantitative estimate of drug-likeness (QED) is 0.292. The fourth-order valence-corrected chi connectivity index (χ4v) is 1.16. The van der Waals surface area contributed by atoms with E-state index in [4.69, 9.17) is 15.5 Å². The molecular formula is C5H7N6O2PSe. The Labute approximate surface area is 93.1 Å². The molecule has 0 radical (unpaired) electrons. The van der Waals surface area contributed by atoms with Crippen molar-refractivity contribution < 1.29 is 9.79 Å². The second-order valence-corrected chi connectivity index (χ2v) is 3.66. The molecule has 1 aliphatic rings. The Hall–Kier alpha value is -0.821. The molecule has 2 heterocycles. The van der Waals surface area contributed by atoms with Crippen molar-refractivity contribution in [3.8, 4) is 0 Å². The molecule has 15 heavy (non-hydrogen) atoms. The Morgan fingerprint density at radius 3 is 2.40 bits per heavy atom. The van der Waals surface area contributed by atoms with Crippen LogP contribution in [0.4, 0.5) is 5.82 Å². The van der Waals surface area contributed by atoms with Crippen LogP contribution in [0.2, 0.25) is 0 Å². The van der Waals surface area contributed by atoms with Crippen molar-refractivity contribution in [2.45, 2.75) is 0 Å². The molecule has 0 saturated carbocycles. The standard InChI is InChI=1S/C5H3N5Se.H4NO2P/c6-3-2-4(8-1-7-3)10-5(11)9-2;1-4(2)3/h1H,(H2,6,7,8,10,11);2-3H,1H2. The van der Waals surface area contributed by atoms with Crippen molar-refractivity contribution in [2.24, 2.45) is 15.5 Å². The van der Waals surface area contributed by atoms with Crippen molar-refractivity contribution in [3.63, 3.8) is 0 Å². The second kappa shape index (κ2) is 5.31. The Bertz CT molecular complexity index is 488. The van der Waals surface area contributed by atoms with Crippen LogP contribution in [0, 0.1) is 0 Å². The molecule has 6 N–H and O–H groups in total. The van der Waals surface area contributed by atoms with Crippen molar-refractivity contribution >= 4 is 34.6 Å². The summed E-state index contributed by atoms with van der Waals surface area (Å²) in [5, 5.41) is 0.557. The van der Waals surface area contributed by atoms with Gasteiger partial charge < -0.3 is 9.79 Å². The van der Waals surface area contributed by atoms with Gasteiger partial charge in [-0.15, -0.1) is 0 Å². The zero-order valence-electron chi connectivity index (χ0n) is 7.27. The number of fused-ring (bicyclic) bond motifs is 1. The minimum absolute atomic E-state index is 0.365. The van der Waals surface area contributed by atoms with Gasteiger partial charge in [0, 0.05) is 0 Å². The van der Waals surface area contributed by atoms with Gasteiger partial charge >= 0.3 is 68.9 Å². The summed E-state index contributed by atoms with van der Waals surface area (Å²) in [6, 6.07) is 0. The zero-order chi connectivity index (χ0) is 11.4. The number of nitrogens with zero attached hydrogens (tertiary/aromatic N) is 4. The van der Waals surface area contributed by atoms with Crippen LogP contribution < -0.4 is 22.1 Å². The van der Waals surface area contributed by atoms with E-state index in [1.807, 2.05) is 0 Å². The average Bonchev–Trinajstić information content (AvgIpc) is 2.46. The molecule has 1 aromatic rings. The van der Waals surface area contributed by atoms with Crippen LogP contribution in [0.25, 0.3) is 0 Å². The molecule has 0 amide bonds. The van der Waals surface area contributed by atoms with E-state index in [-0.39, 0.29) is 0 Å².